The van der Waals surface area contributed by atoms with E-state index in [0.29, 0.717) is 26.2 Å². The van der Waals surface area contributed by atoms with Crippen LogP contribution in [-0.2, 0) is 16.1 Å². The van der Waals surface area contributed by atoms with Crippen molar-refractivity contribution in [3.8, 4) is 0 Å². The highest BCUT2D eigenvalue weighted by Gasteiger charge is 2.37. The number of rotatable bonds is 9. The molecule has 118 valence electrons. The zero-order valence-electron chi connectivity index (χ0n) is 12.8. The van der Waals surface area contributed by atoms with Crippen molar-refractivity contribution in [2.45, 2.75) is 31.6 Å². The molecule has 1 amide bonds. The van der Waals surface area contributed by atoms with Crippen LogP contribution < -0.4 is 0 Å². The summed E-state index contributed by atoms with van der Waals surface area (Å²) < 4.78 is 11.2. The van der Waals surface area contributed by atoms with Crippen molar-refractivity contribution in [3.05, 3.63) is 61.2 Å². The molecule has 4 nitrogen and oxygen atoms in total. The largest absolute Gasteiger partial charge is 0.447 e. The molecule has 1 fully saturated rings. The summed E-state index contributed by atoms with van der Waals surface area (Å²) in [7, 11) is 0. The Morgan fingerprint density at radius 2 is 2.09 bits per heavy atom. The van der Waals surface area contributed by atoms with E-state index in [1.165, 1.54) is 0 Å². The van der Waals surface area contributed by atoms with Crippen LogP contribution in [0.1, 0.15) is 18.4 Å². The van der Waals surface area contributed by atoms with E-state index in [4.69, 9.17) is 9.47 Å². The van der Waals surface area contributed by atoms with Gasteiger partial charge in [0.1, 0.15) is 6.61 Å². The summed E-state index contributed by atoms with van der Waals surface area (Å²) in [6.45, 7) is 8.98. The second-order valence-corrected chi connectivity index (χ2v) is 5.27. The lowest BCUT2D eigenvalue weighted by Gasteiger charge is -2.28. The van der Waals surface area contributed by atoms with Crippen molar-refractivity contribution >= 4 is 6.09 Å². The van der Waals surface area contributed by atoms with Crippen LogP contribution in [0.15, 0.2) is 55.6 Å². The molecule has 1 saturated heterocycles. The standard InChI is InChI=1S/C18H23NO3/c1-3-5-12-19-16(14-22-18(19)20)17(9-4-2)21-13-15-10-7-6-8-11-15/h3-4,6-8,10-11,16-17H,1-2,5,9,12-14H2/t16-,17+/m1/s1. The average molecular weight is 301 g/mol. The summed E-state index contributed by atoms with van der Waals surface area (Å²) >= 11 is 0. The van der Waals surface area contributed by atoms with Gasteiger partial charge in [-0.05, 0) is 18.4 Å². The van der Waals surface area contributed by atoms with E-state index in [9.17, 15) is 4.79 Å². The lowest BCUT2D eigenvalue weighted by atomic mass is 10.1. The van der Waals surface area contributed by atoms with Crippen LogP contribution in [0.4, 0.5) is 4.79 Å². The number of hydrogen-bond donors (Lipinski definition) is 0. The predicted octanol–water partition coefficient (Wildman–Crippen LogP) is 3.54. The Hall–Kier alpha value is -2.07. The maximum atomic E-state index is 11.9. The van der Waals surface area contributed by atoms with Crippen molar-refractivity contribution in [3.63, 3.8) is 0 Å². The van der Waals surface area contributed by atoms with Gasteiger partial charge in [0.2, 0.25) is 0 Å². The smallest absolute Gasteiger partial charge is 0.410 e. The van der Waals surface area contributed by atoms with E-state index in [0.717, 1.165) is 12.0 Å². The van der Waals surface area contributed by atoms with Gasteiger partial charge < -0.3 is 9.47 Å². The Labute approximate surface area is 132 Å². The van der Waals surface area contributed by atoms with Gasteiger partial charge in [0.25, 0.3) is 0 Å². The monoisotopic (exact) mass is 301 g/mol. The molecule has 0 aromatic heterocycles. The molecule has 1 aromatic rings. The highest BCUT2D eigenvalue weighted by molar-refractivity contribution is 5.70. The molecule has 4 heteroatoms. The van der Waals surface area contributed by atoms with E-state index >= 15 is 0 Å². The average Bonchev–Trinajstić information content (AvgIpc) is 2.91. The van der Waals surface area contributed by atoms with Gasteiger partial charge in [0, 0.05) is 6.54 Å². The van der Waals surface area contributed by atoms with Crippen LogP contribution in [-0.4, -0.2) is 36.3 Å². The molecule has 22 heavy (non-hydrogen) atoms. The van der Waals surface area contributed by atoms with Gasteiger partial charge in [-0.15, -0.1) is 13.2 Å². The quantitative estimate of drug-likeness (QED) is 0.655. The van der Waals surface area contributed by atoms with Crippen molar-refractivity contribution in [2.24, 2.45) is 0 Å². The zero-order chi connectivity index (χ0) is 15.8. The third-order valence-corrected chi connectivity index (χ3v) is 3.72. The Balaban J connectivity index is 2.00. The molecule has 0 saturated carbocycles. The summed E-state index contributed by atoms with van der Waals surface area (Å²) in [5, 5.41) is 0. The fourth-order valence-electron chi connectivity index (χ4n) is 2.54. The maximum absolute atomic E-state index is 11.9. The first-order valence-electron chi connectivity index (χ1n) is 7.57. The van der Waals surface area contributed by atoms with Gasteiger partial charge in [-0.3, -0.25) is 4.90 Å². The summed E-state index contributed by atoms with van der Waals surface area (Å²) in [6, 6.07) is 9.92. The van der Waals surface area contributed by atoms with Gasteiger partial charge in [-0.25, -0.2) is 4.79 Å². The van der Waals surface area contributed by atoms with E-state index in [-0.39, 0.29) is 18.2 Å². The van der Waals surface area contributed by atoms with Gasteiger partial charge in [0.05, 0.1) is 18.8 Å². The fraction of sp³-hybridized carbons (Fsp3) is 0.389. The van der Waals surface area contributed by atoms with Crippen LogP contribution in [0.3, 0.4) is 0 Å². The molecular weight excluding hydrogens is 278 g/mol. The third-order valence-electron chi connectivity index (χ3n) is 3.72. The molecule has 0 aliphatic carbocycles. The second kappa shape index (κ2) is 8.39. The van der Waals surface area contributed by atoms with Crippen LogP contribution in [0.5, 0.6) is 0 Å². The van der Waals surface area contributed by atoms with Crippen molar-refractivity contribution in [1.82, 2.24) is 4.90 Å². The third kappa shape index (κ3) is 4.21. The number of amides is 1. The first kappa shape index (κ1) is 16.3. The molecule has 1 aromatic carbocycles. The molecule has 1 aliphatic heterocycles. The zero-order valence-corrected chi connectivity index (χ0v) is 12.8. The fourth-order valence-corrected chi connectivity index (χ4v) is 2.54. The number of nitrogens with zero attached hydrogens (tertiary/aromatic N) is 1. The lowest BCUT2D eigenvalue weighted by Crippen LogP contribution is -2.43. The Morgan fingerprint density at radius 3 is 2.77 bits per heavy atom. The number of carbonyl (C=O) groups is 1. The van der Waals surface area contributed by atoms with Crippen LogP contribution in [0.25, 0.3) is 0 Å². The first-order chi connectivity index (χ1) is 10.8. The minimum atomic E-state index is -0.274. The van der Waals surface area contributed by atoms with E-state index in [1.807, 2.05) is 36.4 Å². The van der Waals surface area contributed by atoms with Crippen LogP contribution in [0, 0.1) is 0 Å². The Morgan fingerprint density at radius 1 is 1.32 bits per heavy atom. The molecule has 2 rings (SSSR count). The minimum Gasteiger partial charge on any atom is -0.447 e. The summed E-state index contributed by atoms with van der Waals surface area (Å²) in [5.41, 5.74) is 1.11. The number of benzene rings is 1. The van der Waals surface area contributed by atoms with Gasteiger partial charge in [0.15, 0.2) is 0 Å². The molecule has 0 N–H and O–H groups in total. The van der Waals surface area contributed by atoms with Crippen LogP contribution in [0.2, 0.25) is 0 Å². The summed E-state index contributed by atoms with van der Waals surface area (Å²) in [6.07, 6.45) is 4.66. The van der Waals surface area contributed by atoms with Crippen molar-refractivity contribution < 1.29 is 14.3 Å². The van der Waals surface area contributed by atoms with Gasteiger partial charge >= 0.3 is 6.09 Å². The molecular formula is C18H23NO3. The predicted molar refractivity (Wildman–Crippen MR) is 86.5 cm³/mol. The normalized spacial score (nSPS) is 18.8. The topological polar surface area (TPSA) is 38.8 Å². The molecule has 0 spiro atoms. The SMILES string of the molecule is C=CCCN1C(=O)OC[C@@H]1[C@H](CC=C)OCc1ccccc1. The first-order valence-corrected chi connectivity index (χ1v) is 7.57. The van der Waals surface area contributed by atoms with E-state index < -0.39 is 0 Å². The highest BCUT2D eigenvalue weighted by Crippen LogP contribution is 2.21. The lowest BCUT2D eigenvalue weighted by molar-refractivity contribution is -0.00267. The van der Waals surface area contributed by atoms with Gasteiger partial charge in [-0.1, -0.05) is 42.5 Å². The minimum absolute atomic E-state index is 0.0748. The van der Waals surface area contributed by atoms with E-state index in [1.54, 1.807) is 11.0 Å². The number of ether oxygens (including phenoxy) is 2. The van der Waals surface area contributed by atoms with Gasteiger partial charge in [-0.2, -0.15) is 0 Å². The number of carbonyl (C=O) groups excluding carboxylic acids is 1. The van der Waals surface area contributed by atoms with E-state index in [2.05, 4.69) is 13.2 Å². The molecule has 2 atom stereocenters. The Kier molecular flexibility index (Phi) is 6.22. The van der Waals surface area contributed by atoms with Crippen molar-refractivity contribution in [1.29, 1.82) is 0 Å². The highest BCUT2D eigenvalue weighted by atomic mass is 16.6. The maximum Gasteiger partial charge on any atom is 0.410 e. The summed E-state index contributed by atoms with van der Waals surface area (Å²) in [5.74, 6) is 0. The number of hydrogen-bond acceptors (Lipinski definition) is 3. The molecule has 1 aliphatic rings. The Bertz CT molecular complexity index is 500. The molecule has 0 bridgehead atoms. The number of cyclic esters (lactones) is 1. The molecule has 1 heterocycles. The second-order valence-electron chi connectivity index (χ2n) is 5.27. The molecule has 0 unspecified atom stereocenters. The summed E-state index contributed by atoms with van der Waals surface area (Å²) in [4.78, 5) is 13.6. The van der Waals surface area contributed by atoms with Crippen molar-refractivity contribution in [2.75, 3.05) is 13.2 Å². The van der Waals surface area contributed by atoms with Crippen LogP contribution >= 0.6 is 0 Å². The molecule has 0 radical (unpaired) electrons.